The number of hydrogen-bond acceptors (Lipinski definition) is 3. The quantitative estimate of drug-likeness (QED) is 0.783. The van der Waals surface area contributed by atoms with Crippen LogP contribution in [-0.2, 0) is 4.74 Å². The Kier molecular flexibility index (Phi) is 6.22. The molecule has 1 aliphatic rings. The van der Waals surface area contributed by atoms with Crippen LogP contribution in [0.4, 0.5) is 13.2 Å². The smallest absolute Gasteiger partial charge is 0.317 e. The fourth-order valence-corrected chi connectivity index (χ4v) is 2.05. The number of halogens is 3. The molecule has 1 rings (SSSR count). The Morgan fingerprint density at radius 1 is 1.29 bits per heavy atom. The topological polar surface area (TPSA) is 24.5 Å². The highest BCUT2D eigenvalue weighted by atomic mass is 19.4. The van der Waals surface area contributed by atoms with Crippen LogP contribution in [0.25, 0.3) is 0 Å². The second-order valence-electron chi connectivity index (χ2n) is 4.39. The molecule has 0 bridgehead atoms. The van der Waals surface area contributed by atoms with Crippen molar-refractivity contribution >= 4 is 0 Å². The molecule has 1 N–H and O–H groups in total. The predicted octanol–water partition coefficient (Wildman–Crippen LogP) is 1.84. The summed E-state index contributed by atoms with van der Waals surface area (Å²) in [6.45, 7) is 5.91. The van der Waals surface area contributed by atoms with Gasteiger partial charge in [0, 0.05) is 6.54 Å². The monoisotopic (exact) mass is 254 g/mol. The fourth-order valence-electron chi connectivity index (χ4n) is 2.05. The van der Waals surface area contributed by atoms with Gasteiger partial charge >= 0.3 is 6.36 Å². The Bertz CT molecular complexity index is 203. The zero-order valence-corrected chi connectivity index (χ0v) is 10.2. The molecule has 1 fully saturated rings. The molecular weight excluding hydrogens is 233 g/mol. The summed E-state index contributed by atoms with van der Waals surface area (Å²) in [5.74, 6) is 0.662. The van der Waals surface area contributed by atoms with Gasteiger partial charge in [0.1, 0.15) is 0 Å². The van der Waals surface area contributed by atoms with E-state index in [1.54, 1.807) is 0 Å². The van der Waals surface area contributed by atoms with Crippen LogP contribution in [0.5, 0.6) is 0 Å². The Labute approximate surface area is 100 Å². The minimum atomic E-state index is -4.50. The van der Waals surface area contributed by atoms with Crippen molar-refractivity contribution in [2.24, 2.45) is 5.92 Å². The molecule has 102 valence electrons. The zero-order chi connectivity index (χ0) is 12.7. The number of alkyl halides is 3. The Morgan fingerprint density at radius 2 is 1.94 bits per heavy atom. The Morgan fingerprint density at radius 3 is 2.47 bits per heavy atom. The molecule has 0 aromatic carbocycles. The summed E-state index contributed by atoms with van der Waals surface area (Å²) in [6, 6.07) is 0. The third kappa shape index (κ3) is 6.85. The summed E-state index contributed by atoms with van der Waals surface area (Å²) in [4.78, 5) is 2.04. The first-order valence-electron chi connectivity index (χ1n) is 6.15. The first kappa shape index (κ1) is 14.7. The van der Waals surface area contributed by atoms with Crippen LogP contribution in [-0.4, -0.2) is 50.6 Å². The van der Waals surface area contributed by atoms with Crippen molar-refractivity contribution in [3.63, 3.8) is 0 Å². The van der Waals surface area contributed by atoms with E-state index < -0.39 is 6.36 Å². The van der Waals surface area contributed by atoms with Crippen LogP contribution in [0.3, 0.4) is 0 Å². The van der Waals surface area contributed by atoms with Crippen LogP contribution in [0.1, 0.15) is 19.8 Å². The molecule has 1 aliphatic heterocycles. The van der Waals surface area contributed by atoms with E-state index in [2.05, 4.69) is 17.0 Å². The number of nitrogens with zero attached hydrogens (tertiary/aromatic N) is 1. The maximum atomic E-state index is 11.8. The average molecular weight is 254 g/mol. The van der Waals surface area contributed by atoms with Gasteiger partial charge in [-0.1, -0.05) is 6.92 Å². The minimum Gasteiger partial charge on any atom is -0.317 e. The summed E-state index contributed by atoms with van der Waals surface area (Å²) in [5.41, 5.74) is 0. The van der Waals surface area contributed by atoms with E-state index >= 15 is 0 Å². The number of nitrogens with one attached hydrogen (secondary N) is 1. The molecule has 0 saturated carbocycles. The lowest BCUT2D eigenvalue weighted by Crippen LogP contribution is -2.39. The maximum Gasteiger partial charge on any atom is 0.522 e. The number of likely N-dealkylation sites (tertiary alicyclic amines) is 1. The fraction of sp³-hybridized carbons (Fsp3) is 1.00. The first-order valence-corrected chi connectivity index (χ1v) is 6.15. The molecule has 3 nitrogen and oxygen atoms in total. The second-order valence-corrected chi connectivity index (χ2v) is 4.39. The molecule has 1 saturated heterocycles. The number of rotatable bonds is 6. The van der Waals surface area contributed by atoms with Crippen molar-refractivity contribution < 1.29 is 17.9 Å². The highest BCUT2D eigenvalue weighted by Gasteiger charge is 2.29. The number of ether oxygens (including phenoxy) is 1. The van der Waals surface area contributed by atoms with Crippen molar-refractivity contribution in [2.45, 2.75) is 26.1 Å². The number of piperidine rings is 1. The third-order valence-electron chi connectivity index (χ3n) is 3.06. The third-order valence-corrected chi connectivity index (χ3v) is 3.06. The van der Waals surface area contributed by atoms with Crippen molar-refractivity contribution in [3.05, 3.63) is 0 Å². The summed E-state index contributed by atoms with van der Waals surface area (Å²) >= 11 is 0. The van der Waals surface area contributed by atoms with Gasteiger partial charge in [-0.2, -0.15) is 0 Å². The molecule has 0 aliphatic carbocycles. The second kappa shape index (κ2) is 7.18. The maximum absolute atomic E-state index is 11.8. The van der Waals surface area contributed by atoms with Gasteiger partial charge in [0.2, 0.25) is 0 Å². The van der Waals surface area contributed by atoms with Gasteiger partial charge in [0.25, 0.3) is 0 Å². The van der Waals surface area contributed by atoms with E-state index in [1.165, 1.54) is 0 Å². The van der Waals surface area contributed by atoms with Gasteiger partial charge in [-0.3, -0.25) is 4.74 Å². The molecular formula is C11H21F3N2O. The number of hydrogen-bond donors (Lipinski definition) is 1. The van der Waals surface area contributed by atoms with Crippen molar-refractivity contribution in [1.29, 1.82) is 0 Å². The highest BCUT2D eigenvalue weighted by molar-refractivity contribution is 4.73. The summed E-state index contributed by atoms with van der Waals surface area (Å²) in [7, 11) is 0. The van der Waals surface area contributed by atoms with Gasteiger partial charge < -0.3 is 10.2 Å². The lowest BCUT2D eigenvalue weighted by molar-refractivity contribution is -0.325. The van der Waals surface area contributed by atoms with Gasteiger partial charge in [0.05, 0.1) is 6.61 Å². The predicted molar refractivity (Wildman–Crippen MR) is 59.7 cm³/mol. The molecule has 0 radical (unpaired) electrons. The van der Waals surface area contributed by atoms with E-state index in [9.17, 15) is 13.2 Å². The minimum absolute atomic E-state index is 0.263. The lowest BCUT2D eigenvalue weighted by atomic mass is 9.97. The first-order chi connectivity index (χ1) is 8.01. The van der Waals surface area contributed by atoms with Crippen molar-refractivity contribution in [2.75, 3.05) is 39.3 Å². The van der Waals surface area contributed by atoms with Crippen molar-refractivity contribution in [3.8, 4) is 0 Å². The van der Waals surface area contributed by atoms with Crippen molar-refractivity contribution in [1.82, 2.24) is 10.2 Å². The molecule has 0 aromatic heterocycles. The molecule has 0 amide bonds. The van der Waals surface area contributed by atoms with E-state index in [0.717, 1.165) is 39.0 Å². The van der Waals surface area contributed by atoms with Crippen LogP contribution in [0.2, 0.25) is 0 Å². The Balaban J connectivity index is 2.07. The van der Waals surface area contributed by atoms with Gasteiger partial charge in [-0.15, -0.1) is 13.2 Å². The normalized spacial score (nSPS) is 19.8. The summed E-state index contributed by atoms with van der Waals surface area (Å²) in [6.07, 6.45) is -2.39. The molecule has 17 heavy (non-hydrogen) atoms. The molecule has 6 heteroatoms. The molecule has 1 heterocycles. The average Bonchev–Trinajstić information content (AvgIpc) is 2.26. The van der Waals surface area contributed by atoms with Crippen LogP contribution >= 0.6 is 0 Å². The molecule has 0 spiro atoms. The van der Waals surface area contributed by atoms with E-state index in [4.69, 9.17) is 0 Å². The van der Waals surface area contributed by atoms with Gasteiger partial charge in [-0.05, 0) is 44.9 Å². The highest BCUT2D eigenvalue weighted by Crippen LogP contribution is 2.18. The largest absolute Gasteiger partial charge is 0.522 e. The summed E-state index contributed by atoms with van der Waals surface area (Å²) < 4.78 is 39.1. The SMILES string of the molecule is CCNCC1CCN(CCOC(F)(F)F)CC1. The van der Waals surface area contributed by atoms with E-state index in [0.29, 0.717) is 12.5 Å². The zero-order valence-electron chi connectivity index (χ0n) is 10.2. The van der Waals surface area contributed by atoms with E-state index in [1.807, 2.05) is 4.90 Å². The standard InChI is InChI=1S/C11H21F3N2O/c1-2-15-9-10-3-5-16(6-4-10)7-8-17-11(12,13)14/h10,15H,2-9H2,1H3. The molecule has 0 unspecified atom stereocenters. The molecule has 0 atom stereocenters. The molecule has 0 aromatic rings. The lowest BCUT2D eigenvalue weighted by Gasteiger charge is -2.31. The summed E-state index contributed by atoms with van der Waals surface area (Å²) in [5, 5.41) is 3.30. The Hall–Kier alpha value is -0.330. The van der Waals surface area contributed by atoms with E-state index in [-0.39, 0.29) is 6.61 Å². The van der Waals surface area contributed by atoms with Gasteiger partial charge in [-0.25, -0.2) is 0 Å². The van der Waals surface area contributed by atoms with Crippen LogP contribution in [0, 0.1) is 5.92 Å². The van der Waals surface area contributed by atoms with Gasteiger partial charge in [0.15, 0.2) is 0 Å². The van der Waals surface area contributed by atoms with Crippen LogP contribution < -0.4 is 5.32 Å². The van der Waals surface area contributed by atoms with Crippen LogP contribution in [0.15, 0.2) is 0 Å².